The van der Waals surface area contributed by atoms with Crippen molar-refractivity contribution in [1.82, 2.24) is 14.8 Å². The SMILES string of the molecule is CN(Cc1ccc(F)cc1)CC1(O)CCCN(C(=O)c2ncccc2O)CC1. The fraction of sp³-hybridized carbons (Fsp3) is 0.429. The molecule has 150 valence electrons. The lowest BCUT2D eigenvalue weighted by Gasteiger charge is -2.31. The van der Waals surface area contributed by atoms with Crippen LogP contribution in [0.3, 0.4) is 0 Å². The van der Waals surface area contributed by atoms with Gasteiger partial charge in [-0.3, -0.25) is 9.69 Å². The maximum atomic E-state index is 13.0. The number of carbonyl (C=O) groups excluding carboxylic acids is 1. The van der Waals surface area contributed by atoms with Crippen LogP contribution in [0.25, 0.3) is 0 Å². The smallest absolute Gasteiger partial charge is 0.276 e. The van der Waals surface area contributed by atoms with Gasteiger partial charge in [0.1, 0.15) is 11.6 Å². The molecule has 7 heteroatoms. The summed E-state index contributed by atoms with van der Waals surface area (Å²) in [5.74, 6) is -0.717. The lowest BCUT2D eigenvalue weighted by atomic mass is 9.94. The molecule has 1 aliphatic heterocycles. The van der Waals surface area contributed by atoms with E-state index in [4.69, 9.17) is 0 Å². The number of likely N-dealkylation sites (N-methyl/N-ethyl adjacent to an activating group) is 1. The van der Waals surface area contributed by atoms with Gasteiger partial charge >= 0.3 is 0 Å². The van der Waals surface area contributed by atoms with Crippen LogP contribution in [0, 0.1) is 5.82 Å². The summed E-state index contributed by atoms with van der Waals surface area (Å²) in [6, 6.07) is 9.36. The third-order valence-corrected chi connectivity index (χ3v) is 5.12. The lowest BCUT2D eigenvalue weighted by molar-refractivity contribution is -0.00402. The normalized spacial score (nSPS) is 20.2. The molecule has 3 rings (SSSR count). The maximum Gasteiger partial charge on any atom is 0.276 e. The Kier molecular flexibility index (Phi) is 6.26. The highest BCUT2D eigenvalue weighted by Crippen LogP contribution is 2.25. The number of aromatic hydroxyl groups is 1. The topological polar surface area (TPSA) is 76.9 Å². The second-order valence-electron chi connectivity index (χ2n) is 7.54. The van der Waals surface area contributed by atoms with E-state index in [0.29, 0.717) is 45.4 Å². The quantitative estimate of drug-likeness (QED) is 0.824. The first-order valence-corrected chi connectivity index (χ1v) is 9.45. The van der Waals surface area contributed by atoms with Gasteiger partial charge in [0, 0.05) is 32.4 Å². The summed E-state index contributed by atoms with van der Waals surface area (Å²) in [5.41, 5.74) is 0.112. The molecule has 2 aromatic rings. The van der Waals surface area contributed by atoms with E-state index in [2.05, 4.69) is 4.98 Å². The molecular weight excluding hydrogens is 361 g/mol. The number of benzene rings is 1. The summed E-state index contributed by atoms with van der Waals surface area (Å²) in [6.45, 7) is 1.98. The Morgan fingerprint density at radius 1 is 1.25 bits per heavy atom. The van der Waals surface area contributed by atoms with Crippen molar-refractivity contribution >= 4 is 5.91 Å². The van der Waals surface area contributed by atoms with E-state index in [1.807, 2.05) is 11.9 Å². The van der Waals surface area contributed by atoms with Gasteiger partial charge in [-0.1, -0.05) is 12.1 Å². The zero-order chi connectivity index (χ0) is 20.1. The molecule has 0 spiro atoms. The Morgan fingerprint density at radius 3 is 2.71 bits per heavy atom. The number of likely N-dealkylation sites (tertiary alicyclic amines) is 1. The summed E-state index contributed by atoms with van der Waals surface area (Å²) in [7, 11) is 1.92. The van der Waals surface area contributed by atoms with Gasteiger partial charge in [-0.2, -0.15) is 0 Å². The fourth-order valence-corrected chi connectivity index (χ4v) is 3.71. The van der Waals surface area contributed by atoms with Gasteiger partial charge in [0.05, 0.1) is 5.60 Å². The van der Waals surface area contributed by atoms with Crippen LogP contribution in [-0.2, 0) is 6.54 Å². The number of nitrogens with zero attached hydrogens (tertiary/aromatic N) is 3. The molecule has 1 unspecified atom stereocenters. The standard InChI is InChI=1S/C21H26FN3O3/c1-24(14-16-5-7-17(22)8-6-16)15-21(28)9-3-12-25(13-10-21)20(27)19-18(26)4-2-11-23-19/h2,4-8,11,26,28H,3,9-10,12-15H2,1H3. The minimum atomic E-state index is -0.907. The molecule has 1 saturated heterocycles. The highest BCUT2D eigenvalue weighted by atomic mass is 19.1. The van der Waals surface area contributed by atoms with Gasteiger partial charge in [0.25, 0.3) is 5.91 Å². The molecule has 28 heavy (non-hydrogen) atoms. The Bertz CT molecular complexity index is 815. The van der Waals surface area contributed by atoms with Crippen molar-refractivity contribution in [1.29, 1.82) is 0 Å². The van der Waals surface area contributed by atoms with Crippen LogP contribution in [0.4, 0.5) is 4.39 Å². The van der Waals surface area contributed by atoms with Crippen molar-refractivity contribution in [2.24, 2.45) is 0 Å². The molecule has 2 heterocycles. The summed E-state index contributed by atoms with van der Waals surface area (Å²) < 4.78 is 13.0. The first kappa shape index (κ1) is 20.2. The van der Waals surface area contributed by atoms with Crippen molar-refractivity contribution < 1.29 is 19.4 Å². The maximum absolute atomic E-state index is 13.0. The molecular formula is C21H26FN3O3. The van der Waals surface area contributed by atoms with Crippen LogP contribution < -0.4 is 0 Å². The van der Waals surface area contributed by atoms with Crippen molar-refractivity contribution in [3.05, 3.63) is 59.7 Å². The molecule has 0 bridgehead atoms. The summed E-state index contributed by atoms with van der Waals surface area (Å²) >= 11 is 0. The predicted octanol–water partition coefficient (Wildman–Crippen LogP) is 2.42. The molecule has 1 aromatic heterocycles. The third kappa shape index (κ3) is 5.05. The molecule has 0 saturated carbocycles. The largest absolute Gasteiger partial charge is 0.505 e. The minimum absolute atomic E-state index is 0.0429. The monoisotopic (exact) mass is 387 g/mol. The van der Waals surface area contributed by atoms with Crippen LogP contribution in [0.15, 0.2) is 42.6 Å². The van der Waals surface area contributed by atoms with Gasteiger partial charge in [0.15, 0.2) is 5.69 Å². The average molecular weight is 387 g/mol. The van der Waals surface area contributed by atoms with Crippen molar-refractivity contribution in [3.8, 4) is 5.75 Å². The van der Waals surface area contributed by atoms with Gasteiger partial charge in [-0.25, -0.2) is 9.37 Å². The zero-order valence-corrected chi connectivity index (χ0v) is 16.0. The van der Waals surface area contributed by atoms with Crippen molar-refractivity contribution in [2.75, 3.05) is 26.7 Å². The van der Waals surface area contributed by atoms with Crippen LogP contribution in [0.5, 0.6) is 5.75 Å². The molecule has 0 aliphatic carbocycles. The predicted molar refractivity (Wildman–Crippen MR) is 103 cm³/mol. The second kappa shape index (κ2) is 8.67. The fourth-order valence-electron chi connectivity index (χ4n) is 3.71. The average Bonchev–Trinajstić information content (AvgIpc) is 2.85. The Morgan fingerprint density at radius 2 is 2.00 bits per heavy atom. The van der Waals surface area contributed by atoms with Gasteiger partial charge in [-0.05, 0) is 56.1 Å². The summed E-state index contributed by atoms with van der Waals surface area (Å²) in [6.07, 6.45) is 3.17. The van der Waals surface area contributed by atoms with E-state index in [0.717, 1.165) is 5.56 Å². The molecule has 1 fully saturated rings. The van der Waals surface area contributed by atoms with Crippen LogP contribution in [0.1, 0.15) is 35.3 Å². The van der Waals surface area contributed by atoms with Crippen LogP contribution >= 0.6 is 0 Å². The van der Waals surface area contributed by atoms with Crippen molar-refractivity contribution in [3.63, 3.8) is 0 Å². The highest BCUT2D eigenvalue weighted by molar-refractivity contribution is 5.94. The number of aliphatic hydroxyl groups is 1. The Labute approximate surface area is 164 Å². The van der Waals surface area contributed by atoms with Gasteiger partial charge in [-0.15, -0.1) is 0 Å². The van der Waals surface area contributed by atoms with E-state index in [1.54, 1.807) is 23.1 Å². The number of aromatic nitrogens is 1. The van der Waals surface area contributed by atoms with E-state index >= 15 is 0 Å². The highest BCUT2D eigenvalue weighted by Gasteiger charge is 2.33. The minimum Gasteiger partial charge on any atom is -0.505 e. The van der Waals surface area contributed by atoms with E-state index in [9.17, 15) is 19.4 Å². The summed E-state index contributed by atoms with van der Waals surface area (Å²) in [5, 5.41) is 20.9. The molecule has 2 N–H and O–H groups in total. The number of carbonyl (C=O) groups is 1. The Balaban J connectivity index is 1.59. The number of rotatable bonds is 5. The van der Waals surface area contributed by atoms with E-state index < -0.39 is 5.60 Å². The second-order valence-corrected chi connectivity index (χ2v) is 7.54. The van der Waals surface area contributed by atoms with Gasteiger partial charge < -0.3 is 15.1 Å². The molecule has 1 atom stereocenters. The van der Waals surface area contributed by atoms with Crippen LogP contribution in [0.2, 0.25) is 0 Å². The van der Waals surface area contributed by atoms with Crippen LogP contribution in [-0.4, -0.2) is 63.2 Å². The third-order valence-electron chi connectivity index (χ3n) is 5.12. The molecule has 1 amide bonds. The zero-order valence-electron chi connectivity index (χ0n) is 16.0. The van der Waals surface area contributed by atoms with Crippen molar-refractivity contribution in [2.45, 2.75) is 31.4 Å². The lowest BCUT2D eigenvalue weighted by Crippen LogP contribution is -2.42. The number of hydrogen-bond donors (Lipinski definition) is 2. The van der Waals surface area contributed by atoms with E-state index in [-0.39, 0.29) is 23.2 Å². The number of amides is 1. The number of pyridine rings is 1. The summed E-state index contributed by atoms with van der Waals surface area (Å²) in [4.78, 5) is 20.3. The molecule has 1 aromatic carbocycles. The number of hydrogen-bond acceptors (Lipinski definition) is 5. The Hall–Kier alpha value is -2.51. The first-order valence-electron chi connectivity index (χ1n) is 9.45. The molecule has 0 radical (unpaired) electrons. The molecule has 6 nitrogen and oxygen atoms in total. The first-order chi connectivity index (χ1) is 13.4. The van der Waals surface area contributed by atoms with Gasteiger partial charge in [0.2, 0.25) is 0 Å². The number of halogens is 1. The molecule has 1 aliphatic rings. The van der Waals surface area contributed by atoms with E-state index in [1.165, 1.54) is 24.4 Å².